The zero-order valence-electron chi connectivity index (χ0n) is 12.7. The number of ether oxygens (including phenoxy) is 2. The number of esters is 2. The monoisotopic (exact) mass is 273 g/mol. The van der Waals surface area contributed by atoms with E-state index in [1.54, 1.807) is 6.92 Å². The largest absolute Gasteiger partial charge is 0.468 e. The van der Waals surface area contributed by atoms with Crippen molar-refractivity contribution in [1.29, 1.82) is 0 Å². The molecule has 2 unspecified atom stereocenters. The second kappa shape index (κ2) is 9.78. The van der Waals surface area contributed by atoms with E-state index in [2.05, 4.69) is 5.32 Å². The molecule has 0 radical (unpaired) electrons. The molecule has 0 aliphatic heterocycles. The van der Waals surface area contributed by atoms with Crippen LogP contribution in [-0.2, 0) is 19.1 Å². The van der Waals surface area contributed by atoms with Crippen LogP contribution in [0.3, 0.4) is 0 Å². The van der Waals surface area contributed by atoms with Crippen molar-refractivity contribution in [2.24, 2.45) is 5.92 Å². The molecule has 112 valence electrons. The molecule has 0 aromatic rings. The Morgan fingerprint density at radius 3 is 2.16 bits per heavy atom. The van der Waals surface area contributed by atoms with Crippen molar-refractivity contribution in [3.63, 3.8) is 0 Å². The Morgan fingerprint density at radius 2 is 1.74 bits per heavy atom. The maximum absolute atomic E-state index is 11.8. The number of hydrogen-bond acceptors (Lipinski definition) is 5. The second-order valence-electron chi connectivity index (χ2n) is 4.97. The fourth-order valence-electron chi connectivity index (χ4n) is 1.89. The maximum Gasteiger partial charge on any atom is 0.323 e. The predicted molar refractivity (Wildman–Crippen MR) is 73.7 cm³/mol. The predicted octanol–water partition coefficient (Wildman–Crippen LogP) is 1.90. The Hall–Kier alpha value is -1.10. The lowest BCUT2D eigenvalue weighted by molar-refractivity contribution is -0.148. The van der Waals surface area contributed by atoms with Gasteiger partial charge in [0, 0.05) is 0 Å². The van der Waals surface area contributed by atoms with Crippen molar-refractivity contribution >= 4 is 11.9 Å². The lowest BCUT2D eigenvalue weighted by Gasteiger charge is -2.23. The van der Waals surface area contributed by atoms with E-state index in [0.717, 1.165) is 6.42 Å². The number of rotatable bonds is 9. The van der Waals surface area contributed by atoms with Gasteiger partial charge in [-0.15, -0.1) is 0 Å². The van der Waals surface area contributed by atoms with E-state index in [9.17, 15) is 9.59 Å². The third-order valence-corrected chi connectivity index (χ3v) is 2.74. The molecule has 0 saturated carbocycles. The topological polar surface area (TPSA) is 64.6 Å². The molecule has 19 heavy (non-hydrogen) atoms. The van der Waals surface area contributed by atoms with Crippen LogP contribution in [0.15, 0.2) is 0 Å². The van der Waals surface area contributed by atoms with Crippen molar-refractivity contribution in [2.75, 3.05) is 13.7 Å². The minimum atomic E-state index is -0.467. The minimum absolute atomic E-state index is 0.304. The Labute approximate surface area is 116 Å². The lowest BCUT2D eigenvalue weighted by atomic mass is 10.0. The zero-order valence-corrected chi connectivity index (χ0v) is 12.7. The molecule has 0 spiro atoms. The zero-order chi connectivity index (χ0) is 14.8. The van der Waals surface area contributed by atoms with E-state index in [-0.39, 0.29) is 11.9 Å². The Morgan fingerprint density at radius 1 is 1.11 bits per heavy atom. The first kappa shape index (κ1) is 17.9. The first-order chi connectivity index (χ1) is 8.96. The van der Waals surface area contributed by atoms with Crippen LogP contribution in [-0.4, -0.2) is 37.7 Å². The molecule has 0 heterocycles. The van der Waals surface area contributed by atoms with Crippen LogP contribution in [0.1, 0.15) is 47.0 Å². The first-order valence-electron chi connectivity index (χ1n) is 6.96. The molecule has 0 saturated heterocycles. The lowest BCUT2D eigenvalue weighted by Crippen LogP contribution is -2.48. The van der Waals surface area contributed by atoms with Gasteiger partial charge in [-0.25, -0.2) is 0 Å². The molecule has 5 heteroatoms. The van der Waals surface area contributed by atoms with Gasteiger partial charge >= 0.3 is 11.9 Å². The fourth-order valence-corrected chi connectivity index (χ4v) is 1.89. The van der Waals surface area contributed by atoms with Crippen LogP contribution in [0.2, 0.25) is 0 Å². The molecular weight excluding hydrogens is 246 g/mol. The van der Waals surface area contributed by atoms with Crippen LogP contribution in [0.25, 0.3) is 0 Å². The molecule has 0 rings (SSSR count). The number of hydrogen-bond donors (Lipinski definition) is 1. The molecule has 0 aliphatic carbocycles. The van der Waals surface area contributed by atoms with E-state index >= 15 is 0 Å². The second-order valence-corrected chi connectivity index (χ2v) is 4.97. The fraction of sp³-hybridized carbons (Fsp3) is 0.857. The average Bonchev–Trinajstić information content (AvgIpc) is 2.36. The summed E-state index contributed by atoms with van der Waals surface area (Å²) in [5, 5.41) is 3.07. The number of nitrogens with one attached hydrogen (secondary N) is 1. The first-order valence-corrected chi connectivity index (χ1v) is 6.96. The van der Waals surface area contributed by atoms with Gasteiger partial charge in [-0.1, -0.05) is 27.2 Å². The van der Waals surface area contributed by atoms with Gasteiger partial charge in [-0.05, 0) is 25.7 Å². The number of carbonyl (C=O) groups is 2. The van der Waals surface area contributed by atoms with Gasteiger partial charge < -0.3 is 9.47 Å². The summed E-state index contributed by atoms with van der Waals surface area (Å²) in [6.45, 7) is 8.15. The van der Waals surface area contributed by atoms with E-state index in [0.29, 0.717) is 25.4 Å². The standard InChI is InChI=1S/C14H27NO4/c1-6-8-11(14(17)19-7-2)15-12(9-10(3)4)13(16)18-5/h10-12,15H,6-9H2,1-5H3. The van der Waals surface area contributed by atoms with Gasteiger partial charge in [0.05, 0.1) is 13.7 Å². The van der Waals surface area contributed by atoms with Gasteiger partial charge in [0.2, 0.25) is 0 Å². The molecular formula is C14H27NO4. The van der Waals surface area contributed by atoms with Crippen molar-refractivity contribution in [1.82, 2.24) is 5.32 Å². The van der Waals surface area contributed by atoms with Crippen molar-refractivity contribution in [3.8, 4) is 0 Å². The SMILES string of the molecule is CCCC(NC(CC(C)C)C(=O)OC)C(=O)OCC. The maximum atomic E-state index is 11.8. The molecule has 0 bridgehead atoms. The summed E-state index contributed by atoms with van der Waals surface area (Å²) >= 11 is 0. The molecule has 1 N–H and O–H groups in total. The molecule has 5 nitrogen and oxygen atoms in total. The van der Waals surface area contributed by atoms with Crippen LogP contribution in [0, 0.1) is 5.92 Å². The summed E-state index contributed by atoms with van der Waals surface area (Å²) in [6.07, 6.45) is 2.11. The van der Waals surface area contributed by atoms with Crippen molar-refractivity contribution in [3.05, 3.63) is 0 Å². The summed E-state index contributed by atoms with van der Waals surface area (Å²) in [4.78, 5) is 23.6. The van der Waals surface area contributed by atoms with E-state index in [4.69, 9.17) is 9.47 Å². The third kappa shape index (κ3) is 7.15. The Balaban J connectivity index is 4.71. The summed E-state index contributed by atoms with van der Waals surface area (Å²) in [5.74, 6) is -0.304. The van der Waals surface area contributed by atoms with Crippen LogP contribution in [0.4, 0.5) is 0 Å². The quantitative estimate of drug-likeness (QED) is 0.650. The van der Waals surface area contributed by atoms with E-state index in [1.165, 1.54) is 7.11 Å². The van der Waals surface area contributed by atoms with Crippen molar-refractivity contribution in [2.45, 2.75) is 59.0 Å². The molecule has 0 fully saturated rings. The summed E-state index contributed by atoms with van der Waals surface area (Å²) in [7, 11) is 1.36. The highest BCUT2D eigenvalue weighted by Crippen LogP contribution is 2.10. The van der Waals surface area contributed by atoms with E-state index < -0.39 is 12.1 Å². The molecule has 0 aliphatic rings. The minimum Gasteiger partial charge on any atom is -0.468 e. The molecule has 2 atom stereocenters. The molecule has 0 amide bonds. The Bertz CT molecular complexity index is 279. The van der Waals surface area contributed by atoms with Crippen molar-refractivity contribution < 1.29 is 19.1 Å². The Kier molecular flexibility index (Phi) is 9.21. The normalized spacial score (nSPS) is 14.0. The van der Waals surface area contributed by atoms with Gasteiger partial charge in [-0.3, -0.25) is 14.9 Å². The number of methoxy groups -OCH3 is 1. The summed E-state index contributed by atoms with van der Waals surface area (Å²) in [6, 6.07) is -0.918. The summed E-state index contributed by atoms with van der Waals surface area (Å²) in [5.41, 5.74) is 0. The smallest absolute Gasteiger partial charge is 0.323 e. The highest BCUT2D eigenvalue weighted by molar-refractivity contribution is 5.79. The average molecular weight is 273 g/mol. The molecule has 0 aromatic heterocycles. The highest BCUT2D eigenvalue weighted by Gasteiger charge is 2.27. The van der Waals surface area contributed by atoms with Crippen LogP contribution < -0.4 is 5.32 Å². The van der Waals surface area contributed by atoms with Gasteiger partial charge in [0.25, 0.3) is 0 Å². The van der Waals surface area contributed by atoms with Gasteiger partial charge in [0.15, 0.2) is 0 Å². The van der Waals surface area contributed by atoms with Gasteiger partial charge in [-0.2, -0.15) is 0 Å². The number of carbonyl (C=O) groups excluding carboxylic acids is 2. The van der Waals surface area contributed by atoms with Gasteiger partial charge in [0.1, 0.15) is 12.1 Å². The summed E-state index contributed by atoms with van der Waals surface area (Å²) < 4.78 is 9.80. The van der Waals surface area contributed by atoms with Crippen LogP contribution in [0.5, 0.6) is 0 Å². The molecule has 0 aromatic carbocycles. The third-order valence-electron chi connectivity index (χ3n) is 2.74. The van der Waals surface area contributed by atoms with E-state index in [1.807, 2.05) is 20.8 Å². The highest BCUT2D eigenvalue weighted by atomic mass is 16.5. The van der Waals surface area contributed by atoms with Crippen LogP contribution >= 0.6 is 0 Å².